The normalized spacial score (nSPS) is 20.8. The number of hydrogen-bond donors (Lipinski definition) is 1. The highest BCUT2D eigenvalue weighted by molar-refractivity contribution is 6.05. The van der Waals surface area contributed by atoms with Gasteiger partial charge in [-0.15, -0.1) is 0 Å². The highest BCUT2D eigenvalue weighted by Crippen LogP contribution is 2.40. The number of hydrogen-bond acceptors (Lipinski definition) is 4. The number of aryl methyl sites for hydroxylation is 1. The second-order valence-electron chi connectivity index (χ2n) is 7.55. The molecular formula is C21H22FN3O3. The molecule has 7 heteroatoms. The van der Waals surface area contributed by atoms with E-state index in [4.69, 9.17) is 4.74 Å². The number of alkyl halides is 1. The van der Waals surface area contributed by atoms with Crippen molar-refractivity contribution >= 4 is 23.2 Å². The van der Waals surface area contributed by atoms with Gasteiger partial charge in [0.25, 0.3) is 5.91 Å². The van der Waals surface area contributed by atoms with Crippen LogP contribution in [0.5, 0.6) is 5.75 Å². The number of nitrogens with one attached hydrogen (secondary N) is 1. The van der Waals surface area contributed by atoms with Crippen molar-refractivity contribution in [3.63, 3.8) is 0 Å². The molecule has 1 amide bonds. The molecular weight excluding hydrogens is 361 g/mol. The van der Waals surface area contributed by atoms with Crippen LogP contribution in [-0.4, -0.2) is 47.1 Å². The van der Waals surface area contributed by atoms with Gasteiger partial charge in [0.2, 0.25) is 0 Å². The third-order valence-corrected chi connectivity index (χ3v) is 5.29. The van der Waals surface area contributed by atoms with Gasteiger partial charge in [0.05, 0.1) is 6.54 Å². The highest BCUT2D eigenvalue weighted by atomic mass is 19.1. The first-order valence-corrected chi connectivity index (χ1v) is 9.18. The fourth-order valence-electron chi connectivity index (χ4n) is 3.72. The number of likely N-dealkylation sites (tertiary alicyclic amines) is 1. The Kier molecular flexibility index (Phi) is 4.25. The summed E-state index contributed by atoms with van der Waals surface area (Å²) in [4.78, 5) is 31.1. The molecule has 1 fully saturated rings. The second-order valence-corrected chi connectivity index (χ2v) is 7.55. The molecule has 0 bridgehead atoms. The van der Waals surface area contributed by atoms with E-state index in [1.54, 1.807) is 12.1 Å². The highest BCUT2D eigenvalue weighted by Gasteiger charge is 2.37. The topological polar surface area (TPSA) is 65.6 Å². The number of benzene rings is 1. The molecule has 4 rings (SSSR count). The summed E-state index contributed by atoms with van der Waals surface area (Å²) in [5.74, 6) is 0.894. The van der Waals surface area contributed by atoms with Gasteiger partial charge in [-0.3, -0.25) is 14.5 Å². The average molecular weight is 383 g/mol. The first-order valence-electron chi connectivity index (χ1n) is 9.18. The van der Waals surface area contributed by atoms with E-state index in [0.29, 0.717) is 42.5 Å². The molecule has 0 spiro atoms. The summed E-state index contributed by atoms with van der Waals surface area (Å²) in [6.45, 7) is 7.70. The van der Waals surface area contributed by atoms with Gasteiger partial charge >= 0.3 is 0 Å². The van der Waals surface area contributed by atoms with E-state index >= 15 is 0 Å². The maximum absolute atomic E-state index is 14.1. The van der Waals surface area contributed by atoms with Crippen LogP contribution >= 0.6 is 0 Å². The number of carbonyl (C=O) groups is 2. The number of nitrogens with zero attached hydrogens (tertiary/aromatic N) is 2. The summed E-state index contributed by atoms with van der Waals surface area (Å²) in [7, 11) is 0. The molecule has 6 nitrogen and oxygen atoms in total. The van der Waals surface area contributed by atoms with E-state index in [2.05, 4.69) is 11.6 Å². The van der Waals surface area contributed by atoms with Crippen LogP contribution in [-0.2, 0) is 0 Å². The summed E-state index contributed by atoms with van der Waals surface area (Å²) in [5.41, 5.74) is 1.32. The quantitative estimate of drug-likeness (QED) is 0.645. The van der Waals surface area contributed by atoms with E-state index in [0.717, 1.165) is 11.3 Å². The van der Waals surface area contributed by atoms with Gasteiger partial charge in [-0.2, -0.15) is 0 Å². The summed E-state index contributed by atoms with van der Waals surface area (Å²) < 4.78 is 19.8. The molecule has 2 aromatic rings. The van der Waals surface area contributed by atoms with Gasteiger partial charge in [0, 0.05) is 30.3 Å². The fraction of sp³-hybridized carbons (Fsp3) is 0.333. The number of aromatic amines is 1. The van der Waals surface area contributed by atoms with Gasteiger partial charge in [-0.25, -0.2) is 4.39 Å². The van der Waals surface area contributed by atoms with E-state index in [9.17, 15) is 14.0 Å². The van der Waals surface area contributed by atoms with Crippen molar-refractivity contribution in [2.75, 3.05) is 24.7 Å². The van der Waals surface area contributed by atoms with E-state index in [1.807, 2.05) is 24.0 Å². The van der Waals surface area contributed by atoms with E-state index < -0.39 is 5.67 Å². The Balaban J connectivity index is 1.59. The van der Waals surface area contributed by atoms with Crippen molar-refractivity contribution in [3.05, 3.63) is 53.7 Å². The zero-order chi connectivity index (χ0) is 20.1. The lowest BCUT2D eigenvalue weighted by molar-refractivity contribution is 0.0755. The zero-order valence-electron chi connectivity index (χ0n) is 15.9. The Labute approximate surface area is 162 Å². The minimum atomic E-state index is -1.34. The molecule has 1 N–H and O–H groups in total. The van der Waals surface area contributed by atoms with E-state index in [-0.39, 0.29) is 18.2 Å². The number of H-pyrrole nitrogens is 1. The Bertz CT molecular complexity index is 979. The number of allylic oxidation sites excluding steroid dienone is 1. The third-order valence-electron chi connectivity index (χ3n) is 5.29. The summed E-state index contributed by atoms with van der Waals surface area (Å²) in [6.07, 6.45) is 1.64. The van der Waals surface area contributed by atoms with Gasteiger partial charge in [0.1, 0.15) is 11.4 Å². The Morgan fingerprint density at radius 1 is 1.36 bits per heavy atom. The Hall–Kier alpha value is -3.09. The number of aromatic nitrogens is 1. The SMILES string of the molecule is C=CC(=O)c1ccc(N2COc3cc(C(=O)N4CCC(C)(F)C4)[nH]c32)cc1C. The lowest BCUT2D eigenvalue weighted by Gasteiger charge is -2.19. The minimum Gasteiger partial charge on any atom is -0.469 e. The molecule has 1 saturated heterocycles. The maximum Gasteiger partial charge on any atom is 0.270 e. The summed E-state index contributed by atoms with van der Waals surface area (Å²) >= 11 is 0. The number of halogens is 1. The monoisotopic (exact) mass is 383 g/mol. The largest absolute Gasteiger partial charge is 0.469 e. The number of ether oxygens (including phenoxy) is 1. The smallest absolute Gasteiger partial charge is 0.270 e. The Morgan fingerprint density at radius 3 is 2.79 bits per heavy atom. The molecule has 28 heavy (non-hydrogen) atoms. The number of ketones is 1. The van der Waals surface area contributed by atoms with Crippen molar-refractivity contribution in [3.8, 4) is 5.75 Å². The van der Waals surface area contributed by atoms with Gasteiger partial charge < -0.3 is 14.6 Å². The van der Waals surface area contributed by atoms with Crippen LogP contribution in [0.15, 0.2) is 36.9 Å². The zero-order valence-corrected chi connectivity index (χ0v) is 15.9. The summed E-state index contributed by atoms with van der Waals surface area (Å²) in [6, 6.07) is 7.15. The molecule has 2 aliphatic rings. The fourth-order valence-corrected chi connectivity index (χ4v) is 3.72. The Morgan fingerprint density at radius 2 is 2.14 bits per heavy atom. The third kappa shape index (κ3) is 3.06. The number of amides is 1. The standard InChI is InChI=1S/C21H22FN3O3/c1-4-17(26)15-6-5-14(9-13(15)2)25-12-28-18-10-16(23-19(18)25)20(27)24-8-7-21(3,22)11-24/h4-6,9-10,23H,1,7-8,11-12H2,2-3H3. The van der Waals surface area contributed by atoms with Crippen LogP contribution in [0.2, 0.25) is 0 Å². The molecule has 1 aromatic heterocycles. The first kappa shape index (κ1) is 18.3. The molecule has 1 unspecified atom stereocenters. The van der Waals surface area contributed by atoms with E-state index in [1.165, 1.54) is 17.9 Å². The first-order chi connectivity index (χ1) is 13.3. The van der Waals surface area contributed by atoms with Crippen LogP contribution in [0.3, 0.4) is 0 Å². The van der Waals surface area contributed by atoms with Gasteiger partial charge in [0.15, 0.2) is 24.1 Å². The predicted molar refractivity (Wildman–Crippen MR) is 104 cm³/mol. The molecule has 0 aliphatic carbocycles. The predicted octanol–water partition coefficient (Wildman–Crippen LogP) is 3.75. The average Bonchev–Trinajstić information content (AvgIpc) is 3.34. The number of carbonyl (C=O) groups excluding carboxylic acids is 2. The maximum atomic E-state index is 14.1. The molecule has 2 aliphatic heterocycles. The molecule has 1 atom stereocenters. The van der Waals surface area contributed by atoms with Gasteiger partial charge in [-0.1, -0.05) is 6.58 Å². The lowest BCUT2D eigenvalue weighted by atomic mass is 10.0. The molecule has 0 saturated carbocycles. The minimum absolute atomic E-state index is 0.0953. The number of anilines is 2. The van der Waals surface area contributed by atoms with Crippen LogP contribution in [0.1, 0.15) is 39.8 Å². The molecule has 3 heterocycles. The second kappa shape index (κ2) is 6.51. The van der Waals surface area contributed by atoms with Crippen LogP contribution in [0, 0.1) is 6.92 Å². The summed E-state index contributed by atoms with van der Waals surface area (Å²) in [5, 5.41) is 0. The van der Waals surface area contributed by atoms with Crippen LogP contribution in [0.25, 0.3) is 0 Å². The number of rotatable bonds is 4. The van der Waals surface area contributed by atoms with Crippen molar-refractivity contribution < 1.29 is 18.7 Å². The van der Waals surface area contributed by atoms with Crippen LogP contribution < -0.4 is 9.64 Å². The van der Waals surface area contributed by atoms with Crippen LogP contribution in [0.4, 0.5) is 15.9 Å². The van der Waals surface area contributed by atoms with Crippen molar-refractivity contribution in [2.24, 2.45) is 0 Å². The molecule has 1 aromatic carbocycles. The van der Waals surface area contributed by atoms with Crippen molar-refractivity contribution in [1.82, 2.24) is 9.88 Å². The number of fused-ring (bicyclic) bond motifs is 1. The van der Waals surface area contributed by atoms with Crippen molar-refractivity contribution in [2.45, 2.75) is 25.9 Å². The lowest BCUT2D eigenvalue weighted by Crippen LogP contribution is -2.32. The van der Waals surface area contributed by atoms with Gasteiger partial charge in [-0.05, 0) is 43.7 Å². The van der Waals surface area contributed by atoms with Crippen molar-refractivity contribution in [1.29, 1.82) is 0 Å². The molecule has 0 radical (unpaired) electrons. The molecule has 146 valence electrons.